The van der Waals surface area contributed by atoms with E-state index in [4.69, 9.17) is 4.74 Å². The van der Waals surface area contributed by atoms with E-state index >= 15 is 0 Å². The highest BCUT2D eigenvalue weighted by Crippen LogP contribution is 2.32. The number of methoxy groups -OCH3 is 1. The molecule has 1 rings (SSSR count). The van der Waals surface area contributed by atoms with Crippen molar-refractivity contribution < 1.29 is 9.84 Å². The maximum absolute atomic E-state index is 10.5. The molecule has 0 aromatic carbocycles. The lowest BCUT2D eigenvalue weighted by Gasteiger charge is -2.30. The minimum atomic E-state index is -0.848. The van der Waals surface area contributed by atoms with E-state index in [2.05, 4.69) is 0 Å². The summed E-state index contributed by atoms with van der Waals surface area (Å²) in [6, 6.07) is 2.03. The van der Waals surface area contributed by atoms with Gasteiger partial charge in [0.05, 0.1) is 6.61 Å². The van der Waals surface area contributed by atoms with Crippen LogP contribution in [-0.2, 0) is 10.3 Å². The molecule has 2 nitrogen and oxygen atoms in total. The molecule has 0 aliphatic rings. The van der Waals surface area contributed by atoms with E-state index in [1.165, 1.54) is 4.88 Å². The Balaban J connectivity index is 2.98. The molecule has 1 heterocycles. The molecule has 1 unspecified atom stereocenters. The SMILES string of the molecule is COCC(O)(c1csc(C)c1)C(C)C. The van der Waals surface area contributed by atoms with Crippen molar-refractivity contribution in [1.29, 1.82) is 0 Å². The predicted octanol–water partition coefficient (Wildman–Crippen LogP) is 2.55. The van der Waals surface area contributed by atoms with Crippen LogP contribution < -0.4 is 0 Å². The van der Waals surface area contributed by atoms with Gasteiger partial charge >= 0.3 is 0 Å². The Morgan fingerprint density at radius 3 is 2.57 bits per heavy atom. The summed E-state index contributed by atoms with van der Waals surface area (Å²) < 4.78 is 5.09. The van der Waals surface area contributed by atoms with E-state index in [1.54, 1.807) is 18.4 Å². The zero-order valence-electron chi connectivity index (χ0n) is 9.20. The van der Waals surface area contributed by atoms with Gasteiger partial charge in [-0.15, -0.1) is 11.3 Å². The standard InChI is InChI=1S/C11H18O2S/c1-8(2)11(12,7-13-4)10-5-9(3)14-6-10/h5-6,8,12H,7H2,1-4H3. The lowest BCUT2D eigenvalue weighted by atomic mass is 9.85. The van der Waals surface area contributed by atoms with Gasteiger partial charge in [-0.25, -0.2) is 0 Å². The molecule has 0 bridgehead atoms. The summed E-state index contributed by atoms with van der Waals surface area (Å²) >= 11 is 1.66. The van der Waals surface area contributed by atoms with Gasteiger partial charge in [-0.1, -0.05) is 13.8 Å². The number of aliphatic hydroxyl groups is 1. The first-order valence-corrected chi connectivity index (χ1v) is 5.65. The number of hydrogen-bond donors (Lipinski definition) is 1. The van der Waals surface area contributed by atoms with Crippen LogP contribution in [0.2, 0.25) is 0 Å². The quantitative estimate of drug-likeness (QED) is 0.834. The Morgan fingerprint density at radius 1 is 1.57 bits per heavy atom. The van der Waals surface area contributed by atoms with Crippen LogP contribution in [0.5, 0.6) is 0 Å². The third-order valence-corrected chi connectivity index (χ3v) is 3.41. The van der Waals surface area contributed by atoms with Crippen molar-refractivity contribution in [2.45, 2.75) is 26.4 Å². The van der Waals surface area contributed by atoms with Crippen LogP contribution in [0.3, 0.4) is 0 Å². The zero-order valence-corrected chi connectivity index (χ0v) is 10.0. The number of hydrogen-bond acceptors (Lipinski definition) is 3. The third kappa shape index (κ3) is 2.16. The van der Waals surface area contributed by atoms with E-state index in [0.717, 1.165) is 5.56 Å². The highest BCUT2D eigenvalue weighted by molar-refractivity contribution is 7.10. The molecular weight excluding hydrogens is 196 g/mol. The fourth-order valence-corrected chi connectivity index (χ4v) is 2.25. The molecule has 0 aliphatic heterocycles. The molecule has 1 N–H and O–H groups in total. The number of aryl methyl sites for hydroxylation is 1. The number of thiophene rings is 1. The fraction of sp³-hybridized carbons (Fsp3) is 0.636. The average Bonchev–Trinajstić information content (AvgIpc) is 2.52. The van der Waals surface area contributed by atoms with Crippen molar-refractivity contribution in [3.8, 4) is 0 Å². The van der Waals surface area contributed by atoms with E-state index in [-0.39, 0.29) is 5.92 Å². The summed E-state index contributed by atoms with van der Waals surface area (Å²) in [5.41, 5.74) is 0.122. The van der Waals surface area contributed by atoms with Crippen LogP contribution >= 0.6 is 11.3 Å². The first kappa shape index (κ1) is 11.7. The van der Waals surface area contributed by atoms with Crippen molar-refractivity contribution in [2.75, 3.05) is 13.7 Å². The molecule has 0 saturated heterocycles. The Morgan fingerprint density at radius 2 is 2.21 bits per heavy atom. The van der Waals surface area contributed by atoms with Crippen LogP contribution in [-0.4, -0.2) is 18.8 Å². The second-order valence-corrected chi connectivity index (χ2v) is 5.07. The van der Waals surface area contributed by atoms with Crippen LogP contribution in [0.4, 0.5) is 0 Å². The van der Waals surface area contributed by atoms with Crippen molar-refractivity contribution in [2.24, 2.45) is 5.92 Å². The first-order valence-electron chi connectivity index (χ1n) is 4.77. The highest BCUT2D eigenvalue weighted by Gasteiger charge is 2.33. The van der Waals surface area contributed by atoms with Crippen LogP contribution in [0.15, 0.2) is 11.4 Å². The van der Waals surface area contributed by atoms with Gasteiger partial charge in [0.1, 0.15) is 5.60 Å². The van der Waals surface area contributed by atoms with Gasteiger partial charge in [-0.3, -0.25) is 0 Å². The second kappa shape index (κ2) is 4.43. The Kier molecular flexibility index (Phi) is 3.70. The van der Waals surface area contributed by atoms with Gasteiger partial charge in [0.15, 0.2) is 0 Å². The molecule has 3 heteroatoms. The largest absolute Gasteiger partial charge is 0.382 e. The minimum absolute atomic E-state index is 0.149. The van der Waals surface area contributed by atoms with E-state index < -0.39 is 5.60 Å². The van der Waals surface area contributed by atoms with E-state index in [1.807, 2.05) is 32.2 Å². The lowest BCUT2D eigenvalue weighted by Crippen LogP contribution is -2.36. The van der Waals surface area contributed by atoms with Crippen LogP contribution in [0.25, 0.3) is 0 Å². The first-order chi connectivity index (χ1) is 6.50. The molecule has 0 fully saturated rings. The predicted molar refractivity (Wildman–Crippen MR) is 59.7 cm³/mol. The molecule has 80 valence electrons. The summed E-state index contributed by atoms with van der Waals surface area (Å²) in [6.45, 7) is 6.40. The highest BCUT2D eigenvalue weighted by atomic mass is 32.1. The minimum Gasteiger partial charge on any atom is -0.382 e. The molecular formula is C11H18O2S. The van der Waals surface area contributed by atoms with Gasteiger partial charge in [0.25, 0.3) is 0 Å². The Hall–Kier alpha value is -0.380. The Labute approximate surface area is 89.5 Å². The maximum atomic E-state index is 10.5. The molecule has 1 aromatic heterocycles. The summed E-state index contributed by atoms with van der Waals surface area (Å²) in [5, 5.41) is 12.5. The van der Waals surface area contributed by atoms with Crippen LogP contribution in [0.1, 0.15) is 24.3 Å². The second-order valence-electron chi connectivity index (χ2n) is 3.96. The molecule has 1 atom stereocenters. The molecule has 0 radical (unpaired) electrons. The molecule has 0 saturated carbocycles. The third-order valence-electron chi connectivity index (χ3n) is 2.55. The molecule has 1 aromatic rings. The maximum Gasteiger partial charge on any atom is 0.116 e. The molecule has 0 spiro atoms. The van der Waals surface area contributed by atoms with Crippen molar-refractivity contribution in [1.82, 2.24) is 0 Å². The Bertz CT molecular complexity index is 293. The molecule has 0 amide bonds. The average molecular weight is 214 g/mol. The summed E-state index contributed by atoms with van der Waals surface area (Å²) in [4.78, 5) is 1.22. The summed E-state index contributed by atoms with van der Waals surface area (Å²) in [5.74, 6) is 0.149. The van der Waals surface area contributed by atoms with Gasteiger partial charge in [-0.05, 0) is 29.9 Å². The summed E-state index contributed by atoms with van der Waals surface area (Å²) in [6.07, 6.45) is 0. The van der Waals surface area contributed by atoms with Crippen molar-refractivity contribution in [3.63, 3.8) is 0 Å². The van der Waals surface area contributed by atoms with Gasteiger partial charge in [-0.2, -0.15) is 0 Å². The lowest BCUT2D eigenvalue weighted by molar-refractivity contribution is -0.0697. The molecule has 14 heavy (non-hydrogen) atoms. The zero-order chi connectivity index (χ0) is 10.8. The number of rotatable bonds is 4. The van der Waals surface area contributed by atoms with Gasteiger partial charge < -0.3 is 9.84 Å². The topological polar surface area (TPSA) is 29.5 Å². The number of ether oxygens (including phenoxy) is 1. The van der Waals surface area contributed by atoms with Gasteiger partial charge in [0, 0.05) is 12.0 Å². The monoisotopic (exact) mass is 214 g/mol. The van der Waals surface area contributed by atoms with Gasteiger partial charge in [0.2, 0.25) is 0 Å². The summed E-state index contributed by atoms with van der Waals surface area (Å²) in [7, 11) is 1.62. The normalized spacial score (nSPS) is 15.9. The van der Waals surface area contributed by atoms with Crippen molar-refractivity contribution in [3.05, 3.63) is 21.9 Å². The van der Waals surface area contributed by atoms with Crippen molar-refractivity contribution >= 4 is 11.3 Å². The van der Waals surface area contributed by atoms with E-state index in [9.17, 15) is 5.11 Å². The smallest absolute Gasteiger partial charge is 0.116 e. The fourth-order valence-electron chi connectivity index (χ4n) is 1.47. The van der Waals surface area contributed by atoms with Crippen LogP contribution in [0, 0.1) is 12.8 Å². The van der Waals surface area contributed by atoms with E-state index in [0.29, 0.717) is 6.61 Å². The molecule has 0 aliphatic carbocycles.